The third-order valence-corrected chi connectivity index (χ3v) is 2.02. The number of rotatable bonds is 6. The minimum absolute atomic E-state index is 0.240. The van der Waals surface area contributed by atoms with Crippen LogP contribution in [0.4, 0.5) is 0 Å². The van der Waals surface area contributed by atoms with Gasteiger partial charge < -0.3 is 20.7 Å². The van der Waals surface area contributed by atoms with Gasteiger partial charge in [0.15, 0.2) is 0 Å². The molecule has 2 atom stereocenters. The molecule has 0 fully saturated rings. The predicted molar refractivity (Wildman–Crippen MR) is 59.7 cm³/mol. The standard InChI is InChI=1S/C10H22N2O4/c1-10(2,3)16-9(15)12(4)7(5-6-11)8(13)14/h7,9,15H,5-6,11H2,1-4H3,(H,13,14). The number of nitrogens with zero attached hydrogens (tertiary/aromatic N) is 1. The van der Waals surface area contributed by atoms with Gasteiger partial charge in [0.1, 0.15) is 6.04 Å². The van der Waals surface area contributed by atoms with E-state index in [1.165, 1.54) is 11.9 Å². The third kappa shape index (κ3) is 5.41. The highest BCUT2D eigenvalue weighted by Gasteiger charge is 2.29. The maximum absolute atomic E-state index is 10.9. The number of aliphatic hydroxyl groups excluding tert-OH is 1. The van der Waals surface area contributed by atoms with Gasteiger partial charge in [-0.15, -0.1) is 0 Å². The van der Waals surface area contributed by atoms with Crippen LogP contribution in [0.2, 0.25) is 0 Å². The van der Waals surface area contributed by atoms with E-state index in [9.17, 15) is 9.90 Å². The molecule has 0 bridgehead atoms. The molecule has 2 unspecified atom stereocenters. The van der Waals surface area contributed by atoms with Crippen LogP contribution in [0.3, 0.4) is 0 Å². The summed E-state index contributed by atoms with van der Waals surface area (Å²) in [5, 5.41) is 18.7. The number of aliphatic carboxylic acids is 1. The number of carboxylic acid groups (broad SMARTS) is 1. The fraction of sp³-hybridized carbons (Fsp3) is 0.900. The quantitative estimate of drug-likeness (QED) is 0.551. The Morgan fingerprint density at radius 1 is 1.50 bits per heavy atom. The van der Waals surface area contributed by atoms with Crippen molar-refractivity contribution in [3.05, 3.63) is 0 Å². The summed E-state index contributed by atoms with van der Waals surface area (Å²) in [5.41, 5.74) is 4.78. The second-order valence-corrected chi connectivity index (χ2v) is 4.65. The normalized spacial score (nSPS) is 16.2. The lowest BCUT2D eigenvalue weighted by atomic mass is 10.2. The average molecular weight is 234 g/mol. The topological polar surface area (TPSA) is 96.0 Å². The number of likely N-dealkylation sites (N-methyl/N-ethyl adjacent to an activating group) is 1. The zero-order chi connectivity index (χ0) is 12.9. The second kappa shape index (κ2) is 6.15. The molecule has 0 aliphatic heterocycles. The Hall–Kier alpha value is -0.690. The van der Waals surface area contributed by atoms with E-state index >= 15 is 0 Å². The van der Waals surface area contributed by atoms with Crippen LogP contribution in [-0.2, 0) is 9.53 Å². The molecule has 0 aromatic heterocycles. The molecule has 0 aromatic rings. The summed E-state index contributed by atoms with van der Waals surface area (Å²) >= 11 is 0. The molecule has 6 nitrogen and oxygen atoms in total. The first-order chi connectivity index (χ1) is 7.19. The van der Waals surface area contributed by atoms with E-state index < -0.39 is 24.0 Å². The van der Waals surface area contributed by atoms with Crippen molar-refractivity contribution < 1.29 is 19.7 Å². The molecule has 0 saturated carbocycles. The summed E-state index contributed by atoms with van der Waals surface area (Å²) in [4.78, 5) is 12.2. The predicted octanol–water partition coefficient (Wildman–Crippen LogP) is -0.189. The second-order valence-electron chi connectivity index (χ2n) is 4.65. The monoisotopic (exact) mass is 234 g/mol. The summed E-state index contributed by atoms with van der Waals surface area (Å²) in [6.45, 7) is 5.58. The molecule has 0 aliphatic carbocycles. The molecule has 96 valence electrons. The lowest BCUT2D eigenvalue weighted by Crippen LogP contribution is -2.49. The molecular formula is C10H22N2O4. The molecule has 0 aromatic carbocycles. The Bertz CT molecular complexity index is 227. The summed E-state index contributed by atoms with van der Waals surface area (Å²) in [5.74, 6) is -1.02. The van der Waals surface area contributed by atoms with Crippen LogP contribution < -0.4 is 5.73 Å². The van der Waals surface area contributed by atoms with Gasteiger partial charge in [-0.1, -0.05) is 0 Å². The van der Waals surface area contributed by atoms with Crippen molar-refractivity contribution in [1.82, 2.24) is 4.90 Å². The van der Waals surface area contributed by atoms with Crippen molar-refractivity contribution in [3.8, 4) is 0 Å². The van der Waals surface area contributed by atoms with Gasteiger partial charge in [-0.2, -0.15) is 0 Å². The van der Waals surface area contributed by atoms with Crippen LogP contribution in [0.5, 0.6) is 0 Å². The van der Waals surface area contributed by atoms with Crippen molar-refractivity contribution in [2.45, 2.75) is 45.2 Å². The third-order valence-electron chi connectivity index (χ3n) is 2.02. The minimum Gasteiger partial charge on any atom is -0.480 e. The minimum atomic E-state index is -1.26. The number of aliphatic hydroxyl groups is 1. The molecule has 0 heterocycles. The van der Waals surface area contributed by atoms with Crippen molar-refractivity contribution in [2.75, 3.05) is 13.6 Å². The van der Waals surface area contributed by atoms with Crippen LogP contribution >= 0.6 is 0 Å². The number of hydrogen-bond acceptors (Lipinski definition) is 5. The van der Waals surface area contributed by atoms with E-state index in [1.807, 2.05) is 0 Å². The number of carbonyl (C=O) groups is 1. The van der Waals surface area contributed by atoms with E-state index in [-0.39, 0.29) is 13.0 Å². The van der Waals surface area contributed by atoms with Gasteiger partial charge in [-0.25, -0.2) is 4.90 Å². The molecule has 0 radical (unpaired) electrons. The molecule has 6 heteroatoms. The lowest BCUT2D eigenvalue weighted by molar-refractivity contribution is -0.243. The van der Waals surface area contributed by atoms with E-state index in [2.05, 4.69) is 0 Å². The lowest BCUT2D eigenvalue weighted by Gasteiger charge is -2.33. The SMILES string of the molecule is CN(C(O)OC(C)(C)C)C(CCN)C(=O)O. The van der Waals surface area contributed by atoms with Crippen LogP contribution in [0, 0.1) is 0 Å². The number of ether oxygens (including phenoxy) is 1. The van der Waals surface area contributed by atoms with Gasteiger partial charge in [0.25, 0.3) is 0 Å². The zero-order valence-electron chi connectivity index (χ0n) is 10.3. The van der Waals surface area contributed by atoms with Gasteiger partial charge in [0.2, 0.25) is 6.41 Å². The Morgan fingerprint density at radius 3 is 2.31 bits per heavy atom. The van der Waals surface area contributed by atoms with Crippen LogP contribution in [0.15, 0.2) is 0 Å². The first-order valence-electron chi connectivity index (χ1n) is 5.19. The van der Waals surface area contributed by atoms with Crippen LogP contribution in [0.25, 0.3) is 0 Å². The van der Waals surface area contributed by atoms with E-state index in [1.54, 1.807) is 20.8 Å². The molecule has 16 heavy (non-hydrogen) atoms. The molecule has 0 spiro atoms. The van der Waals surface area contributed by atoms with Crippen LogP contribution in [-0.4, -0.2) is 52.7 Å². The van der Waals surface area contributed by atoms with E-state index in [0.29, 0.717) is 0 Å². The molecular weight excluding hydrogens is 212 g/mol. The molecule has 0 aliphatic rings. The van der Waals surface area contributed by atoms with Gasteiger partial charge in [0, 0.05) is 0 Å². The highest BCUT2D eigenvalue weighted by Crippen LogP contribution is 2.14. The largest absolute Gasteiger partial charge is 0.480 e. The highest BCUT2D eigenvalue weighted by molar-refractivity contribution is 5.73. The van der Waals surface area contributed by atoms with Gasteiger partial charge in [0.05, 0.1) is 5.60 Å². The summed E-state index contributed by atoms with van der Waals surface area (Å²) < 4.78 is 5.25. The van der Waals surface area contributed by atoms with Crippen molar-refractivity contribution >= 4 is 5.97 Å². The number of carboxylic acids is 1. The average Bonchev–Trinajstić information content (AvgIpc) is 2.09. The fourth-order valence-corrected chi connectivity index (χ4v) is 1.21. The van der Waals surface area contributed by atoms with E-state index in [4.69, 9.17) is 15.6 Å². The maximum atomic E-state index is 10.9. The number of nitrogens with two attached hydrogens (primary N) is 1. The smallest absolute Gasteiger partial charge is 0.321 e. The Kier molecular flexibility index (Phi) is 5.88. The van der Waals surface area contributed by atoms with Crippen molar-refractivity contribution in [1.29, 1.82) is 0 Å². The Balaban J connectivity index is 4.48. The Morgan fingerprint density at radius 2 is 2.00 bits per heavy atom. The fourth-order valence-electron chi connectivity index (χ4n) is 1.21. The van der Waals surface area contributed by atoms with Crippen LogP contribution in [0.1, 0.15) is 27.2 Å². The van der Waals surface area contributed by atoms with Crippen molar-refractivity contribution in [3.63, 3.8) is 0 Å². The maximum Gasteiger partial charge on any atom is 0.321 e. The first-order valence-corrected chi connectivity index (χ1v) is 5.19. The Labute approximate surface area is 96.0 Å². The molecule has 0 saturated heterocycles. The van der Waals surface area contributed by atoms with Gasteiger partial charge in [-0.3, -0.25) is 4.79 Å². The van der Waals surface area contributed by atoms with Gasteiger partial charge in [-0.05, 0) is 40.8 Å². The van der Waals surface area contributed by atoms with E-state index in [0.717, 1.165) is 0 Å². The zero-order valence-corrected chi connectivity index (χ0v) is 10.3. The summed E-state index contributed by atoms with van der Waals surface area (Å²) in [6, 6.07) is -0.845. The summed E-state index contributed by atoms with van der Waals surface area (Å²) in [6.07, 6.45) is -0.996. The molecule has 0 rings (SSSR count). The molecule has 4 N–H and O–H groups in total. The highest BCUT2D eigenvalue weighted by atomic mass is 16.6. The molecule has 0 amide bonds. The number of hydrogen-bond donors (Lipinski definition) is 3. The summed E-state index contributed by atoms with van der Waals surface area (Å²) in [7, 11) is 1.49. The van der Waals surface area contributed by atoms with Gasteiger partial charge >= 0.3 is 5.97 Å². The first kappa shape index (κ1) is 15.3. The van der Waals surface area contributed by atoms with Crippen molar-refractivity contribution in [2.24, 2.45) is 5.73 Å².